The number of para-hydroxylation sites is 2. The predicted octanol–water partition coefficient (Wildman–Crippen LogP) is 15.7. The zero-order chi connectivity index (χ0) is 38.9. The van der Waals surface area contributed by atoms with Gasteiger partial charge in [-0.1, -0.05) is 140 Å². The lowest BCUT2D eigenvalue weighted by atomic mass is 9.94. The van der Waals surface area contributed by atoms with Gasteiger partial charge in [-0.3, -0.25) is 0 Å². The van der Waals surface area contributed by atoms with Crippen molar-refractivity contribution in [2.45, 2.75) is 0 Å². The average Bonchev–Trinajstić information content (AvgIpc) is 3.91. The first-order chi connectivity index (χ1) is 29.2. The Morgan fingerprint density at radius 2 is 1.00 bits per heavy atom. The minimum absolute atomic E-state index is 0.630. The SMILES string of the molecule is c1ccc(-c2ccccc2N(c2ccc(-c3cccc4c3ccc3c4ccc4nc(-c5ccc6ccccc6c5)oc43)cc2)c2ccc3c(c2)oc2ccccc23)cc1. The molecular formula is C55H34N2O2. The van der Waals surface area contributed by atoms with E-state index in [4.69, 9.17) is 13.8 Å². The van der Waals surface area contributed by atoms with Gasteiger partial charge in [-0.25, -0.2) is 4.98 Å². The van der Waals surface area contributed by atoms with Gasteiger partial charge in [-0.2, -0.15) is 0 Å². The largest absolute Gasteiger partial charge is 0.456 e. The second kappa shape index (κ2) is 13.3. The van der Waals surface area contributed by atoms with Crippen LogP contribution in [-0.2, 0) is 0 Å². The monoisotopic (exact) mass is 754 g/mol. The third kappa shape index (κ3) is 5.49. The smallest absolute Gasteiger partial charge is 0.227 e. The summed E-state index contributed by atoms with van der Waals surface area (Å²) in [4.78, 5) is 7.26. The fraction of sp³-hybridized carbons (Fsp3) is 0. The molecule has 0 aliphatic rings. The molecule has 4 nitrogen and oxygen atoms in total. The number of hydrogen-bond acceptors (Lipinski definition) is 4. The van der Waals surface area contributed by atoms with Crippen LogP contribution < -0.4 is 4.90 Å². The first-order valence-electron chi connectivity index (χ1n) is 19.9. The van der Waals surface area contributed by atoms with E-state index in [9.17, 15) is 0 Å². The lowest BCUT2D eigenvalue weighted by Crippen LogP contribution is -2.11. The van der Waals surface area contributed by atoms with Gasteiger partial charge in [0.15, 0.2) is 5.58 Å². The molecule has 0 aliphatic heterocycles. The fourth-order valence-electron chi connectivity index (χ4n) is 8.86. The number of oxazole rings is 1. The summed E-state index contributed by atoms with van der Waals surface area (Å²) >= 11 is 0. The Morgan fingerprint density at radius 3 is 1.92 bits per heavy atom. The number of rotatable bonds is 6. The quantitative estimate of drug-likeness (QED) is 0.159. The molecule has 0 N–H and O–H groups in total. The standard InChI is InChI=1S/C55H34N2O2/c1-2-12-36(13-3-1)43-15-6-8-19-51(43)57(41-27-28-48-47-16-7-9-20-52(47)58-53(48)34-41)40-25-23-37(24-26-40)42-17-10-18-44-45(42)29-30-49-46(44)31-32-50-54(49)59-55(56-50)39-22-21-35-11-4-5-14-38(35)33-39/h1-34H. The average molecular weight is 755 g/mol. The molecule has 0 unspecified atom stereocenters. The van der Waals surface area contributed by atoms with E-state index in [0.717, 1.165) is 88.5 Å². The van der Waals surface area contributed by atoms with Crippen LogP contribution in [-0.4, -0.2) is 4.98 Å². The van der Waals surface area contributed by atoms with Crippen molar-refractivity contribution in [2.75, 3.05) is 4.90 Å². The Bertz CT molecular complexity index is 3560. The Hall–Kier alpha value is -7.95. The predicted molar refractivity (Wildman–Crippen MR) is 245 cm³/mol. The summed E-state index contributed by atoms with van der Waals surface area (Å²) in [7, 11) is 0. The highest BCUT2D eigenvalue weighted by molar-refractivity contribution is 6.18. The van der Waals surface area contributed by atoms with Gasteiger partial charge in [0.1, 0.15) is 16.7 Å². The second-order valence-corrected chi connectivity index (χ2v) is 15.1. The van der Waals surface area contributed by atoms with Gasteiger partial charge < -0.3 is 13.7 Å². The van der Waals surface area contributed by atoms with Gasteiger partial charge in [-0.05, 0) is 104 Å². The molecule has 4 heteroatoms. The Kier molecular flexibility index (Phi) is 7.50. The lowest BCUT2D eigenvalue weighted by molar-refractivity contribution is 0.623. The van der Waals surface area contributed by atoms with Gasteiger partial charge in [0.25, 0.3) is 0 Å². The summed E-state index contributed by atoms with van der Waals surface area (Å²) in [6.07, 6.45) is 0. The first-order valence-corrected chi connectivity index (χ1v) is 19.9. The van der Waals surface area contributed by atoms with E-state index in [0.29, 0.717) is 5.89 Å². The molecule has 0 saturated heterocycles. The molecule has 0 bridgehead atoms. The molecular weight excluding hydrogens is 721 g/mol. The van der Waals surface area contributed by atoms with Gasteiger partial charge in [0.2, 0.25) is 5.89 Å². The maximum Gasteiger partial charge on any atom is 0.227 e. The molecule has 0 atom stereocenters. The van der Waals surface area contributed by atoms with Crippen LogP contribution in [0, 0.1) is 0 Å². The minimum atomic E-state index is 0.630. The van der Waals surface area contributed by atoms with Crippen LogP contribution in [0.15, 0.2) is 215 Å². The zero-order valence-electron chi connectivity index (χ0n) is 31.8. The third-order valence-electron chi connectivity index (χ3n) is 11.7. The number of anilines is 3. The van der Waals surface area contributed by atoms with Crippen LogP contribution in [0.3, 0.4) is 0 Å². The first kappa shape index (κ1) is 33.2. The summed E-state index contributed by atoms with van der Waals surface area (Å²) in [6.45, 7) is 0. The lowest BCUT2D eigenvalue weighted by Gasteiger charge is -2.28. The molecule has 59 heavy (non-hydrogen) atoms. The van der Waals surface area contributed by atoms with Crippen molar-refractivity contribution in [1.29, 1.82) is 0 Å². The number of hydrogen-bond donors (Lipinski definition) is 0. The fourth-order valence-corrected chi connectivity index (χ4v) is 8.86. The molecule has 0 fully saturated rings. The molecule has 0 radical (unpaired) electrons. The number of furan rings is 1. The topological polar surface area (TPSA) is 42.4 Å². The molecule has 2 heterocycles. The van der Waals surface area contributed by atoms with Crippen molar-refractivity contribution in [3.8, 4) is 33.7 Å². The van der Waals surface area contributed by atoms with Gasteiger partial charge in [0, 0.05) is 44.7 Å². The molecule has 0 saturated carbocycles. The Morgan fingerprint density at radius 1 is 0.356 bits per heavy atom. The highest BCUT2D eigenvalue weighted by Gasteiger charge is 2.20. The van der Waals surface area contributed by atoms with Crippen molar-refractivity contribution in [3.05, 3.63) is 206 Å². The zero-order valence-corrected chi connectivity index (χ0v) is 31.8. The van der Waals surface area contributed by atoms with Crippen molar-refractivity contribution < 1.29 is 8.83 Å². The molecule has 12 aromatic rings. The summed E-state index contributed by atoms with van der Waals surface area (Å²) in [5, 5.41) is 9.13. The highest BCUT2D eigenvalue weighted by Crippen LogP contribution is 2.44. The second-order valence-electron chi connectivity index (χ2n) is 15.1. The van der Waals surface area contributed by atoms with Crippen LogP contribution in [0.25, 0.3) is 99.1 Å². The van der Waals surface area contributed by atoms with Crippen molar-refractivity contribution in [1.82, 2.24) is 4.98 Å². The molecule has 12 rings (SSSR count). The summed E-state index contributed by atoms with van der Waals surface area (Å²) in [6, 6.07) is 72.9. The number of nitrogens with zero attached hydrogens (tertiary/aromatic N) is 2. The highest BCUT2D eigenvalue weighted by atomic mass is 16.3. The number of benzene rings is 10. The van der Waals surface area contributed by atoms with Crippen LogP contribution >= 0.6 is 0 Å². The molecule has 0 amide bonds. The van der Waals surface area contributed by atoms with Crippen LogP contribution in [0.4, 0.5) is 17.1 Å². The van der Waals surface area contributed by atoms with E-state index >= 15 is 0 Å². The molecule has 10 aromatic carbocycles. The van der Waals surface area contributed by atoms with E-state index in [-0.39, 0.29) is 0 Å². The molecule has 276 valence electrons. The summed E-state index contributed by atoms with van der Waals surface area (Å²) in [5.41, 5.74) is 12.1. The summed E-state index contributed by atoms with van der Waals surface area (Å²) in [5.74, 6) is 0.630. The number of aromatic nitrogens is 1. The minimum Gasteiger partial charge on any atom is -0.456 e. The van der Waals surface area contributed by atoms with Crippen LogP contribution in [0.2, 0.25) is 0 Å². The Balaban J connectivity index is 0.960. The van der Waals surface area contributed by atoms with Gasteiger partial charge >= 0.3 is 0 Å². The normalized spacial score (nSPS) is 11.7. The van der Waals surface area contributed by atoms with Crippen molar-refractivity contribution in [2.24, 2.45) is 0 Å². The number of fused-ring (bicyclic) bond motifs is 9. The van der Waals surface area contributed by atoms with Crippen molar-refractivity contribution in [3.63, 3.8) is 0 Å². The van der Waals surface area contributed by atoms with E-state index in [1.54, 1.807) is 0 Å². The van der Waals surface area contributed by atoms with E-state index < -0.39 is 0 Å². The van der Waals surface area contributed by atoms with Crippen molar-refractivity contribution >= 4 is 82.4 Å². The van der Waals surface area contributed by atoms with Crippen LogP contribution in [0.1, 0.15) is 0 Å². The maximum atomic E-state index is 6.54. The molecule has 0 spiro atoms. The molecule has 2 aromatic heterocycles. The van der Waals surface area contributed by atoms with E-state index in [2.05, 4.69) is 199 Å². The van der Waals surface area contributed by atoms with E-state index in [1.165, 1.54) is 21.7 Å². The van der Waals surface area contributed by atoms with Crippen LogP contribution in [0.5, 0.6) is 0 Å². The summed E-state index contributed by atoms with van der Waals surface area (Å²) < 4.78 is 12.9. The van der Waals surface area contributed by atoms with Gasteiger partial charge in [-0.15, -0.1) is 0 Å². The Labute approximate surface area is 339 Å². The van der Waals surface area contributed by atoms with E-state index in [1.807, 2.05) is 12.1 Å². The third-order valence-corrected chi connectivity index (χ3v) is 11.7. The van der Waals surface area contributed by atoms with Gasteiger partial charge in [0.05, 0.1) is 5.69 Å². The maximum absolute atomic E-state index is 6.54. The molecule has 0 aliphatic carbocycles.